The number of aromatic nitrogens is 5. The Hall–Kier alpha value is -3.97. The van der Waals surface area contributed by atoms with Crippen molar-refractivity contribution in [1.29, 1.82) is 5.26 Å². The van der Waals surface area contributed by atoms with Gasteiger partial charge in [-0.15, -0.1) is 0 Å². The fourth-order valence-electron chi connectivity index (χ4n) is 4.07. The van der Waals surface area contributed by atoms with Gasteiger partial charge in [-0.05, 0) is 30.3 Å². The van der Waals surface area contributed by atoms with Crippen LogP contribution in [0.3, 0.4) is 0 Å². The Kier molecular flexibility index (Phi) is 4.56. The summed E-state index contributed by atoms with van der Waals surface area (Å²) >= 11 is 6.24. The second kappa shape index (κ2) is 7.32. The number of nitrogens with two attached hydrogens (primary N) is 1. The van der Waals surface area contributed by atoms with Crippen molar-refractivity contribution in [1.82, 2.24) is 24.1 Å². The summed E-state index contributed by atoms with van der Waals surface area (Å²) < 4.78 is 16.4. The normalized spacial score (nSPS) is 17.9. The van der Waals surface area contributed by atoms with Gasteiger partial charge in [0.25, 0.3) is 5.56 Å². The molecule has 4 aromatic rings. The molecule has 0 radical (unpaired) electrons. The largest absolute Gasteiger partial charge is 0.368 e. The molecule has 11 heteroatoms. The average Bonchev–Trinajstić information content (AvgIpc) is 3.14. The highest BCUT2D eigenvalue weighted by molar-refractivity contribution is 6.33. The first kappa shape index (κ1) is 20.0. The summed E-state index contributed by atoms with van der Waals surface area (Å²) in [6.07, 6.45) is 2.97. The summed E-state index contributed by atoms with van der Waals surface area (Å²) in [5.41, 5.74) is 6.30. The number of rotatable bonds is 3. The minimum Gasteiger partial charge on any atom is -0.368 e. The van der Waals surface area contributed by atoms with Gasteiger partial charge in [-0.2, -0.15) is 15.3 Å². The maximum Gasteiger partial charge on any atom is 0.284 e. The number of nitrogen functional groups attached to an aromatic ring is 1. The van der Waals surface area contributed by atoms with Gasteiger partial charge in [-0.25, -0.2) is 13.9 Å². The summed E-state index contributed by atoms with van der Waals surface area (Å²) in [5, 5.41) is 14.5. The number of halogens is 2. The highest BCUT2D eigenvalue weighted by atomic mass is 35.5. The van der Waals surface area contributed by atoms with Crippen molar-refractivity contribution in [2.24, 2.45) is 5.92 Å². The fraction of sp³-hybridized carbons (Fsp3) is 0.190. The molecule has 0 spiro atoms. The Morgan fingerprint density at radius 1 is 1.28 bits per heavy atom. The van der Waals surface area contributed by atoms with Crippen LogP contribution in [-0.4, -0.2) is 30.7 Å². The zero-order valence-electron chi connectivity index (χ0n) is 16.8. The molecule has 0 aliphatic carbocycles. The summed E-state index contributed by atoms with van der Waals surface area (Å²) in [7, 11) is 0. The van der Waals surface area contributed by atoms with E-state index >= 15 is 0 Å². The second-order valence-corrected chi connectivity index (χ2v) is 7.99. The Morgan fingerprint density at radius 2 is 2.03 bits per heavy atom. The van der Waals surface area contributed by atoms with Crippen LogP contribution in [0.1, 0.15) is 24.4 Å². The maximum atomic E-state index is 13.6. The van der Waals surface area contributed by atoms with Gasteiger partial charge in [0.2, 0.25) is 5.95 Å². The average molecular weight is 451 g/mol. The number of hydrogen-bond acceptors (Lipinski definition) is 7. The minimum atomic E-state index is -0.424. The van der Waals surface area contributed by atoms with Crippen LogP contribution in [0.5, 0.6) is 0 Å². The lowest BCUT2D eigenvalue weighted by atomic mass is 9.89. The fourth-order valence-corrected chi connectivity index (χ4v) is 4.29. The van der Waals surface area contributed by atoms with E-state index < -0.39 is 17.4 Å². The smallest absolute Gasteiger partial charge is 0.284 e. The van der Waals surface area contributed by atoms with E-state index in [2.05, 4.69) is 21.1 Å². The van der Waals surface area contributed by atoms with Crippen LogP contribution in [-0.2, 0) is 0 Å². The molecule has 1 fully saturated rings. The van der Waals surface area contributed by atoms with Crippen LogP contribution in [0.4, 0.5) is 16.2 Å². The quantitative estimate of drug-likeness (QED) is 0.509. The molecule has 4 heterocycles. The van der Waals surface area contributed by atoms with Gasteiger partial charge in [0.05, 0.1) is 22.9 Å². The van der Waals surface area contributed by atoms with E-state index in [-0.39, 0.29) is 28.0 Å². The number of benzene rings is 1. The van der Waals surface area contributed by atoms with Crippen LogP contribution in [0, 0.1) is 23.1 Å². The molecule has 5 rings (SSSR count). The van der Waals surface area contributed by atoms with E-state index in [4.69, 9.17) is 17.3 Å². The van der Waals surface area contributed by atoms with Gasteiger partial charge in [-0.3, -0.25) is 9.36 Å². The lowest BCUT2D eigenvalue weighted by molar-refractivity contribution is 0.300. The molecule has 2 N–H and O–H groups in total. The lowest BCUT2D eigenvalue weighted by Crippen LogP contribution is -2.51. The second-order valence-electron chi connectivity index (χ2n) is 7.58. The van der Waals surface area contributed by atoms with Crippen molar-refractivity contribution in [2.45, 2.75) is 13.0 Å². The lowest BCUT2D eigenvalue weighted by Gasteiger charge is -2.47. The highest BCUT2D eigenvalue weighted by Gasteiger charge is 2.42. The monoisotopic (exact) mass is 450 g/mol. The summed E-state index contributed by atoms with van der Waals surface area (Å²) in [4.78, 5) is 23.5. The van der Waals surface area contributed by atoms with Crippen molar-refractivity contribution in [2.75, 3.05) is 17.2 Å². The van der Waals surface area contributed by atoms with Gasteiger partial charge >= 0.3 is 0 Å². The first-order valence-electron chi connectivity index (χ1n) is 9.74. The molecule has 0 amide bonds. The topological polar surface area (TPSA) is 118 Å². The molecule has 160 valence electrons. The Labute approximate surface area is 186 Å². The first-order valence-corrected chi connectivity index (χ1v) is 10.1. The van der Waals surface area contributed by atoms with E-state index in [1.165, 1.54) is 39.5 Å². The highest BCUT2D eigenvalue weighted by Crippen LogP contribution is 2.42. The number of fused-ring (bicyclic) bond motifs is 1. The molecule has 2 atom stereocenters. The van der Waals surface area contributed by atoms with Gasteiger partial charge < -0.3 is 10.6 Å². The van der Waals surface area contributed by atoms with Crippen LogP contribution in [0.2, 0.25) is 5.02 Å². The molecular weight excluding hydrogens is 435 g/mol. The van der Waals surface area contributed by atoms with Crippen molar-refractivity contribution in [3.63, 3.8) is 0 Å². The maximum absolute atomic E-state index is 13.6. The molecule has 0 saturated carbocycles. The zero-order valence-corrected chi connectivity index (χ0v) is 17.5. The minimum absolute atomic E-state index is 0.0360. The van der Waals surface area contributed by atoms with Crippen molar-refractivity contribution >= 4 is 28.9 Å². The Morgan fingerprint density at radius 3 is 2.72 bits per heavy atom. The molecule has 1 saturated heterocycles. The number of nitriles is 1. The van der Waals surface area contributed by atoms with E-state index in [1.54, 1.807) is 12.3 Å². The molecule has 1 aliphatic heterocycles. The van der Waals surface area contributed by atoms with Gasteiger partial charge in [-0.1, -0.05) is 18.5 Å². The van der Waals surface area contributed by atoms with Crippen LogP contribution >= 0.6 is 11.6 Å². The molecule has 1 aromatic carbocycles. The summed E-state index contributed by atoms with van der Waals surface area (Å²) in [5.74, 6) is 0.454. The third-order valence-electron chi connectivity index (χ3n) is 5.55. The van der Waals surface area contributed by atoms with E-state index in [0.717, 1.165) is 0 Å². The summed E-state index contributed by atoms with van der Waals surface area (Å²) in [6, 6.07) is 8.83. The predicted molar refractivity (Wildman–Crippen MR) is 116 cm³/mol. The third kappa shape index (κ3) is 2.98. The SMILES string of the molecule is C[C@H]1CN(c2nc(N)ncc2C#N)C1c1nn2ccc(Cl)c2c(=O)n1-c1ccc(F)cc1. The van der Waals surface area contributed by atoms with E-state index in [1.807, 2.05) is 11.8 Å². The van der Waals surface area contributed by atoms with Crippen LogP contribution in [0.25, 0.3) is 11.2 Å². The molecule has 0 bridgehead atoms. The molecule has 32 heavy (non-hydrogen) atoms. The third-order valence-corrected chi connectivity index (χ3v) is 5.86. The van der Waals surface area contributed by atoms with Crippen molar-refractivity contribution in [3.8, 4) is 11.8 Å². The molecular formula is C21H16ClFN8O. The van der Waals surface area contributed by atoms with Gasteiger partial charge in [0, 0.05) is 18.7 Å². The van der Waals surface area contributed by atoms with Crippen LogP contribution < -0.4 is 16.2 Å². The predicted octanol–water partition coefficient (Wildman–Crippen LogP) is 2.72. The summed E-state index contributed by atoms with van der Waals surface area (Å²) in [6.45, 7) is 2.57. The number of anilines is 2. The number of nitrogens with zero attached hydrogens (tertiary/aromatic N) is 7. The molecule has 3 aromatic heterocycles. The molecule has 9 nitrogen and oxygen atoms in total. The Balaban J connectivity index is 1.76. The van der Waals surface area contributed by atoms with Crippen molar-refractivity contribution in [3.05, 3.63) is 75.3 Å². The first-order chi connectivity index (χ1) is 15.4. The van der Waals surface area contributed by atoms with Crippen molar-refractivity contribution < 1.29 is 4.39 Å². The molecule has 1 unspecified atom stereocenters. The van der Waals surface area contributed by atoms with Gasteiger partial charge in [0.1, 0.15) is 23.0 Å². The van der Waals surface area contributed by atoms with E-state index in [9.17, 15) is 14.4 Å². The van der Waals surface area contributed by atoms with Gasteiger partial charge in [0.15, 0.2) is 11.6 Å². The zero-order chi connectivity index (χ0) is 22.6. The van der Waals surface area contributed by atoms with E-state index in [0.29, 0.717) is 23.9 Å². The molecule has 1 aliphatic rings. The number of hydrogen-bond donors (Lipinski definition) is 1. The standard InChI is InChI=1S/C21H16ClFN8O/c1-11-10-29(18-12(8-24)9-26-21(25)27-18)16(11)19-28-30-7-6-15(22)17(30)20(32)31(19)14-4-2-13(23)3-5-14/h2-7,9,11,16H,10H2,1H3,(H2,25,26,27)/t11-,16?/m0/s1. The van der Waals surface area contributed by atoms with Crippen LogP contribution in [0.15, 0.2) is 47.5 Å². The Bertz CT molecular complexity index is 1460.